The fraction of sp³-hybridized carbons (Fsp3) is 0.300. The highest BCUT2D eigenvalue weighted by Gasteiger charge is 2.12. The van der Waals surface area contributed by atoms with Gasteiger partial charge in [0.2, 0.25) is 5.91 Å². The van der Waals surface area contributed by atoms with Crippen LogP contribution in [0.15, 0.2) is 24.5 Å². The van der Waals surface area contributed by atoms with E-state index >= 15 is 0 Å². The van der Waals surface area contributed by atoms with Crippen LogP contribution < -0.4 is 4.90 Å². The van der Waals surface area contributed by atoms with Crippen molar-refractivity contribution in [2.75, 3.05) is 11.9 Å². The van der Waals surface area contributed by atoms with Gasteiger partial charge in [-0.05, 0) is 19.1 Å². The van der Waals surface area contributed by atoms with Gasteiger partial charge in [0.05, 0.1) is 6.42 Å². The molecular formula is C10H12N2O2. The Kier molecular flexibility index (Phi) is 3.34. The quantitative estimate of drug-likeness (QED) is 0.672. The Morgan fingerprint density at radius 3 is 2.43 bits per heavy atom. The van der Waals surface area contributed by atoms with Gasteiger partial charge in [-0.25, -0.2) is 0 Å². The summed E-state index contributed by atoms with van der Waals surface area (Å²) < 4.78 is 0. The lowest BCUT2D eigenvalue weighted by molar-refractivity contribution is -0.125. The van der Waals surface area contributed by atoms with E-state index in [1.807, 2.05) is 0 Å². The first-order valence-corrected chi connectivity index (χ1v) is 4.27. The fourth-order valence-corrected chi connectivity index (χ4v) is 1.04. The van der Waals surface area contributed by atoms with Crippen LogP contribution in [0.5, 0.6) is 0 Å². The number of anilines is 1. The standard InChI is InChI=1S/C10H12N2O2/c1-8(13)7-10(14)12(2)9-3-5-11-6-4-9/h3-6H,7H2,1-2H3. The third-order valence-electron chi connectivity index (χ3n) is 1.82. The minimum Gasteiger partial charge on any atom is -0.315 e. The Labute approximate surface area is 82.6 Å². The zero-order valence-corrected chi connectivity index (χ0v) is 8.23. The largest absolute Gasteiger partial charge is 0.315 e. The molecule has 0 radical (unpaired) electrons. The molecule has 0 atom stereocenters. The third kappa shape index (κ3) is 2.65. The molecule has 74 valence electrons. The first-order valence-electron chi connectivity index (χ1n) is 4.27. The highest BCUT2D eigenvalue weighted by Crippen LogP contribution is 2.10. The second-order valence-electron chi connectivity index (χ2n) is 3.04. The molecule has 1 amide bonds. The summed E-state index contributed by atoms with van der Waals surface area (Å²) in [7, 11) is 1.64. The number of pyridine rings is 1. The number of carbonyl (C=O) groups is 2. The molecule has 0 unspecified atom stereocenters. The Bertz CT molecular complexity index is 335. The van der Waals surface area contributed by atoms with E-state index in [9.17, 15) is 9.59 Å². The molecule has 0 aliphatic rings. The maximum absolute atomic E-state index is 11.4. The molecule has 1 aromatic heterocycles. The summed E-state index contributed by atoms with van der Waals surface area (Å²) in [5.41, 5.74) is 0.742. The minimum absolute atomic E-state index is 0.0567. The van der Waals surface area contributed by atoms with Crippen LogP contribution in [0.25, 0.3) is 0 Å². The lowest BCUT2D eigenvalue weighted by Gasteiger charge is -2.15. The van der Waals surface area contributed by atoms with E-state index in [2.05, 4.69) is 4.98 Å². The summed E-state index contributed by atoms with van der Waals surface area (Å²) in [5, 5.41) is 0. The molecule has 0 saturated heterocycles. The summed E-state index contributed by atoms with van der Waals surface area (Å²) in [6.07, 6.45) is 3.15. The second-order valence-corrected chi connectivity index (χ2v) is 3.04. The van der Waals surface area contributed by atoms with Gasteiger partial charge in [0.1, 0.15) is 5.78 Å². The van der Waals surface area contributed by atoms with Crippen LogP contribution in [-0.4, -0.2) is 23.7 Å². The van der Waals surface area contributed by atoms with E-state index in [4.69, 9.17) is 0 Å². The molecule has 0 aliphatic heterocycles. The predicted molar refractivity (Wildman–Crippen MR) is 52.9 cm³/mol. The first kappa shape index (κ1) is 10.4. The van der Waals surface area contributed by atoms with Crippen molar-refractivity contribution in [3.05, 3.63) is 24.5 Å². The molecule has 1 heterocycles. The Hall–Kier alpha value is -1.71. The van der Waals surface area contributed by atoms with Crippen LogP contribution in [0.3, 0.4) is 0 Å². The summed E-state index contributed by atoms with van der Waals surface area (Å²) >= 11 is 0. The van der Waals surface area contributed by atoms with Crippen LogP contribution >= 0.6 is 0 Å². The van der Waals surface area contributed by atoms with Crippen molar-refractivity contribution in [3.8, 4) is 0 Å². The van der Waals surface area contributed by atoms with Crippen LogP contribution in [0.1, 0.15) is 13.3 Å². The fourth-order valence-electron chi connectivity index (χ4n) is 1.04. The molecule has 4 nitrogen and oxygen atoms in total. The maximum Gasteiger partial charge on any atom is 0.234 e. The van der Waals surface area contributed by atoms with Gasteiger partial charge in [0.25, 0.3) is 0 Å². The van der Waals surface area contributed by atoms with Crippen molar-refractivity contribution in [1.82, 2.24) is 4.98 Å². The summed E-state index contributed by atoms with van der Waals surface area (Å²) in [5.74, 6) is -0.334. The minimum atomic E-state index is -0.205. The zero-order chi connectivity index (χ0) is 10.6. The smallest absolute Gasteiger partial charge is 0.234 e. The molecule has 0 aromatic carbocycles. The number of nitrogens with zero attached hydrogens (tertiary/aromatic N) is 2. The number of carbonyl (C=O) groups excluding carboxylic acids is 2. The van der Waals surface area contributed by atoms with Gasteiger partial charge in [-0.3, -0.25) is 14.6 Å². The molecule has 1 rings (SSSR count). The van der Waals surface area contributed by atoms with Crippen LogP contribution in [0.4, 0.5) is 5.69 Å². The molecule has 0 bridgehead atoms. The van der Waals surface area contributed by atoms with Crippen LogP contribution in [0, 0.1) is 0 Å². The van der Waals surface area contributed by atoms with Gasteiger partial charge < -0.3 is 4.90 Å². The summed E-state index contributed by atoms with van der Waals surface area (Å²) in [4.78, 5) is 27.5. The number of rotatable bonds is 3. The number of ketones is 1. The van der Waals surface area contributed by atoms with Gasteiger partial charge in [-0.15, -0.1) is 0 Å². The monoisotopic (exact) mass is 192 g/mol. The number of hydrogen-bond acceptors (Lipinski definition) is 3. The molecule has 0 aliphatic carbocycles. The topological polar surface area (TPSA) is 50.3 Å². The second kappa shape index (κ2) is 4.50. The van der Waals surface area contributed by atoms with Gasteiger partial charge in [0.15, 0.2) is 0 Å². The molecule has 0 spiro atoms. The Balaban J connectivity index is 2.71. The van der Waals surface area contributed by atoms with Crippen molar-refractivity contribution in [1.29, 1.82) is 0 Å². The molecule has 0 saturated carbocycles. The SMILES string of the molecule is CC(=O)CC(=O)N(C)c1ccncc1. The van der Waals surface area contributed by atoms with Crippen molar-refractivity contribution >= 4 is 17.4 Å². The van der Waals surface area contributed by atoms with Crippen molar-refractivity contribution in [3.63, 3.8) is 0 Å². The van der Waals surface area contributed by atoms with Gasteiger partial charge in [-0.1, -0.05) is 0 Å². The van der Waals surface area contributed by atoms with Crippen LogP contribution in [0.2, 0.25) is 0 Å². The first-order chi connectivity index (χ1) is 6.61. The van der Waals surface area contributed by atoms with E-state index in [-0.39, 0.29) is 18.1 Å². The molecule has 1 aromatic rings. The zero-order valence-electron chi connectivity index (χ0n) is 8.23. The van der Waals surface area contributed by atoms with Crippen molar-refractivity contribution in [2.45, 2.75) is 13.3 Å². The molecule has 0 N–H and O–H groups in total. The Morgan fingerprint density at radius 2 is 1.93 bits per heavy atom. The Morgan fingerprint density at radius 1 is 1.36 bits per heavy atom. The van der Waals surface area contributed by atoms with Crippen molar-refractivity contribution < 1.29 is 9.59 Å². The highest BCUT2D eigenvalue weighted by atomic mass is 16.2. The van der Waals surface area contributed by atoms with E-state index in [0.29, 0.717) is 0 Å². The normalized spacial score (nSPS) is 9.57. The lowest BCUT2D eigenvalue weighted by Crippen LogP contribution is -2.27. The number of hydrogen-bond donors (Lipinski definition) is 0. The van der Waals surface area contributed by atoms with E-state index in [1.54, 1.807) is 31.6 Å². The molecule has 14 heavy (non-hydrogen) atoms. The average molecular weight is 192 g/mol. The number of aromatic nitrogens is 1. The third-order valence-corrected chi connectivity index (χ3v) is 1.82. The highest BCUT2D eigenvalue weighted by molar-refractivity contribution is 6.04. The summed E-state index contributed by atoms with van der Waals surface area (Å²) in [6.45, 7) is 1.40. The average Bonchev–Trinajstić information content (AvgIpc) is 2.17. The molecule has 0 fully saturated rings. The van der Waals surface area contributed by atoms with Gasteiger partial charge in [0, 0.05) is 25.1 Å². The van der Waals surface area contributed by atoms with E-state index in [1.165, 1.54) is 11.8 Å². The van der Waals surface area contributed by atoms with Gasteiger partial charge in [-0.2, -0.15) is 0 Å². The van der Waals surface area contributed by atoms with Gasteiger partial charge >= 0.3 is 0 Å². The van der Waals surface area contributed by atoms with E-state index < -0.39 is 0 Å². The summed E-state index contributed by atoms with van der Waals surface area (Å²) in [6, 6.07) is 3.44. The van der Waals surface area contributed by atoms with Crippen molar-refractivity contribution in [2.24, 2.45) is 0 Å². The number of amides is 1. The lowest BCUT2D eigenvalue weighted by atomic mass is 10.2. The predicted octanol–water partition coefficient (Wildman–Crippen LogP) is 1.02. The van der Waals surface area contributed by atoms with E-state index in [0.717, 1.165) is 5.69 Å². The molecular weight excluding hydrogens is 180 g/mol. The molecule has 4 heteroatoms. The maximum atomic E-state index is 11.4. The number of Topliss-reactive ketones (excluding diaryl/α,β-unsaturated/α-hetero) is 1. The van der Waals surface area contributed by atoms with Crippen LogP contribution in [-0.2, 0) is 9.59 Å².